The van der Waals surface area contributed by atoms with E-state index in [2.05, 4.69) is 4.72 Å². The SMILES string of the molecule is COc1ccc(C(=O)N(C(C)C)C2CC2)cc1S(=O)(=O)NC(C)(C)C. The van der Waals surface area contributed by atoms with Gasteiger partial charge in [0.15, 0.2) is 0 Å². The second-order valence-corrected chi connectivity index (χ2v) is 9.41. The Bertz CT molecular complexity index is 745. The van der Waals surface area contributed by atoms with Crippen molar-refractivity contribution in [3.63, 3.8) is 0 Å². The summed E-state index contributed by atoms with van der Waals surface area (Å²) in [6, 6.07) is 4.88. The van der Waals surface area contributed by atoms with Crippen molar-refractivity contribution < 1.29 is 17.9 Å². The zero-order valence-electron chi connectivity index (χ0n) is 15.8. The molecule has 0 bridgehead atoms. The number of hydrogen-bond acceptors (Lipinski definition) is 4. The minimum Gasteiger partial charge on any atom is -0.495 e. The highest BCUT2D eigenvalue weighted by molar-refractivity contribution is 7.89. The summed E-state index contributed by atoms with van der Waals surface area (Å²) in [6.45, 7) is 9.23. The molecule has 1 aromatic rings. The molecule has 0 spiro atoms. The lowest BCUT2D eigenvalue weighted by Gasteiger charge is -2.27. The first-order valence-corrected chi connectivity index (χ1v) is 9.99. The van der Waals surface area contributed by atoms with Crippen LogP contribution in [0.15, 0.2) is 23.1 Å². The van der Waals surface area contributed by atoms with Gasteiger partial charge in [0.2, 0.25) is 10.0 Å². The van der Waals surface area contributed by atoms with Gasteiger partial charge < -0.3 is 9.64 Å². The molecule has 140 valence electrons. The summed E-state index contributed by atoms with van der Waals surface area (Å²) in [5, 5.41) is 0. The van der Waals surface area contributed by atoms with Crippen molar-refractivity contribution in [3.8, 4) is 5.75 Å². The molecule has 1 aliphatic rings. The van der Waals surface area contributed by atoms with E-state index in [1.165, 1.54) is 19.2 Å². The van der Waals surface area contributed by atoms with E-state index in [4.69, 9.17) is 4.74 Å². The minimum absolute atomic E-state index is 0.0183. The van der Waals surface area contributed by atoms with Crippen molar-refractivity contribution in [2.24, 2.45) is 0 Å². The highest BCUT2D eigenvalue weighted by Gasteiger charge is 2.35. The van der Waals surface area contributed by atoms with Crippen molar-refractivity contribution in [2.75, 3.05) is 7.11 Å². The molecular weight excluding hydrogens is 340 g/mol. The maximum absolute atomic E-state index is 12.9. The van der Waals surface area contributed by atoms with Gasteiger partial charge in [-0.2, -0.15) is 0 Å². The van der Waals surface area contributed by atoms with Gasteiger partial charge in [0.25, 0.3) is 5.91 Å². The van der Waals surface area contributed by atoms with Gasteiger partial charge in [-0.25, -0.2) is 13.1 Å². The second kappa shape index (κ2) is 6.96. The predicted octanol–water partition coefficient (Wildman–Crippen LogP) is 2.79. The number of hydrogen-bond donors (Lipinski definition) is 1. The first-order chi connectivity index (χ1) is 11.5. The summed E-state index contributed by atoms with van der Waals surface area (Å²) in [7, 11) is -2.40. The van der Waals surface area contributed by atoms with Crippen LogP contribution in [0.2, 0.25) is 0 Å². The topological polar surface area (TPSA) is 75.7 Å². The summed E-state index contributed by atoms with van der Waals surface area (Å²) >= 11 is 0. The number of amides is 1. The number of sulfonamides is 1. The van der Waals surface area contributed by atoms with E-state index in [1.807, 2.05) is 18.7 Å². The Balaban J connectivity index is 2.45. The Morgan fingerprint density at radius 2 is 1.88 bits per heavy atom. The largest absolute Gasteiger partial charge is 0.495 e. The van der Waals surface area contributed by atoms with Gasteiger partial charge in [0.05, 0.1) is 7.11 Å². The number of carbonyl (C=O) groups is 1. The third-order valence-corrected chi connectivity index (χ3v) is 5.65. The van der Waals surface area contributed by atoms with Crippen molar-refractivity contribution >= 4 is 15.9 Å². The van der Waals surface area contributed by atoms with Crippen molar-refractivity contribution in [1.82, 2.24) is 9.62 Å². The van der Waals surface area contributed by atoms with Crippen LogP contribution in [0.1, 0.15) is 57.8 Å². The van der Waals surface area contributed by atoms with E-state index in [9.17, 15) is 13.2 Å². The molecule has 6 nitrogen and oxygen atoms in total. The van der Waals surface area contributed by atoms with Crippen LogP contribution in [0, 0.1) is 0 Å². The van der Waals surface area contributed by atoms with Crippen LogP contribution < -0.4 is 9.46 Å². The highest BCUT2D eigenvalue weighted by atomic mass is 32.2. The van der Waals surface area contributed by atoms with E-state index in [-0.39, 0.29) is 28.6 Å². The van der Waals surface area contributed by atoms with Gasteiger partial charge in [-0.1, -0.05) is 0 Å². The Labute approximate surface area is 150 Å². The smallest absolute Gasteiger partial charge is 0.254 e. The molecule has 1 aliphatic carbocycles. The minimum atomic E-state index is -3.81. The van der Waals surface area contributed by atoms with Crippen molar-refractivity contribution in [3.05, 3.63) is 23.8 Å². The molecule has 1 saturated carbocycles. The van der Waals surface area contributed by atoms with Crippen LogP contribution in [0.5, 0.6) is 5.75 Å². The van der Waals surface area contributed by atoms with Crippen LogP contribution >= 0.6 is 0 Å². The van der Waals surface area contributed by atoms with Crippen LogP contribution in [0.3, 0.4) is 0 Å². The van der Waals surface area contributed by atoms with Crippen LogP contribution in [-0.4, -0.2) is 44.0 Å². The molecule has 1 amide bonds. The Hall–Kier alpha value is -1.60. The average Bonchev–Trinajstić information content (AvgIpc) is 3.28. The number of nitrogens with one attached hydrogen (secondary N) is 1. The number of rotatable bonds is 6. The monoisotopic (exact) mass is 368 g/mol. The summed E-state index contributed by atoms with van der Waals surface area (Å²) in [6.07, 6.45) is 1.99. The molecular formula is C18H28N2O4S. The van der Waals surface area contributed by atoms with E-state index >= 15 is 0 Å². The Kier molecular flexibility index (Phi) is 5.49. The third kappa shape index (κ3) is 4.73. The lowest BCUT2D eigenvalue weighted by molar-refractivity contribution is 0.0690. The fourth-order valence-electron chi connectivity index (χ4n) is 2.80. The molecule has 0 heterocycles. The lowest BCUT2D eigenvalue weighted by Crippen LogP contribution is -2.41. The third-order valence-electron chi connectivity index (χ3n) is 3.87. The van der Waals surface area contributed by atoms with Gasteiger partial charge in [-0.15, -0.1) is 0 Å². The normalized spacial score (nSPS) is 15.3. The zero-order chi connectivity index (χ0) is 19.0. The average molecular weight is 368 g/mol. The first kappa shape index (κ1) is 19.7. The quantitative estimate of drug-likeness (QED) is 0.838. The molecule has 1 aromatic carbocycles. The molecule has 0 radical (unpaired) electrons. The van der Waals surface area contributed by atoms with Crippen LogP contribution in [0.25, 0.3) is 0 Å². The molecule has 0 saturated heterocycles. The predicted molar refractivity (Wildman–Crippen MR) is 97.4 cm³/mol. The van der Waals surface area contributed by atoms with Crippen LogP contribution in [-0.2, 0) is 10.0 Å². The summed E-state index contributed by atoms with van der Waals surface area (Å²) < 4.78 is 33.3. The summed E-state index contributed by atoms with van der Waals surface area (Å²) in [4.78, 5) is 14.7. The number of benzene rings is 1. The van der Waals surface area contributed by atoms with Gasteiger partial charge in [-0.05, 0) is 65.7 Å². The molecule has 7 heteroatoms. The molecule has 2 rings (SSSR count). The zero-order valence-corrected chi connectivity index (χ0v) is 16.6. The van der Waals surface area contributed by atoms with E-state index < -0.39 is 15.6 Å². The molecule has 0 atom stereocenters. The second-order valence-electron chi connectivity index (χ2n) is 7.76. The van der Waals surface area contributed by atoms with E-state index in [0.29, 0.717) is 5.56 Å². The summed E-state index contributed by atoms with van der Waals surface area (Å²) in [5.74, 6) is 0.0724. The fraction of sp³-hybridized carbons (Fsp3) is 0.611. The Morgan fingerprint density at radius 3 is 2.32 bits per heavy atom. The molecule has 0 unspecified atom stereocenters. The lowest BCUT2D eigenvalue weighted by atomic mass is 10.1. The van der Waals surface area contributed by atoms with Gasteiger partial charge in [-0.3, -0.25) is 4.79 Å². The van der Waals surface area contributed by atoms with Gasteiger partial charge in [0, 0.05) is 23.2 Å². The highest BCUT2D eigenvalue weighted by Crippen LogP contribution is 2.32. The van der Waals surface area contributed by atoms with Gasteiger partial charge >= 0.3 is 0 Å². The standard InChI is InChI=1S/C18H28N2O4S/c1-12(2)20(14-8-9-14)17(21)13-7-10-15(24-6)16(11-13)25(22,23)19-18(3,4)5/h7,10-12,14,19H,8-9H2,1-6H3. The maximum atomic E-state index is 12.9. The number of methoxy groups -OCH3 is 1. The number of nitrogens with zero attached hydrogens (tertiary/aromatic N) is 1. The molecule has 0 aromatic heterocycles. The first-order valence-electron chi connectivity index (χ1n) is 8.51. The molecule has 1 N–H and O–H groups in total. The number of carbonyl (C=O) groups excluding carboxylic acids is 1. The summed E-state index contributed by atoms with van der Waals surface area (Å²) in [5.41, 5.74) is -0.280. The van der Waals surface area contributed by atoms with Crippen molar-refractivity contribution in [2.45, 2.75) is 70.0 Å². The van der Waals surface area contributed by atoms with E-state index in [0.717, 1.165) is 12.8 Å². The Morgan fingerprint density at radius 1 is 1.28 bits per heavy atom. The number of ether oxygens (including phenoxy) is 1. The maximum Gasteiger partial charge on any atom is 0.254 e. The molecule has 0 aliphatic heterocycles. The van der Waals surface area contributed by atoms with Gasteiger partial charge in [0.1, 0.15) is 10.6 Å². The van der Waals surface area contributed by atoms with Crippen LogP contribution in [0.4, 0.5) is 0 Å². The fourth-order valence-corrected chi connectivity index (χ4v) is 4.42. The van der Waals surface area contributed by atoms with Crippen molar-refractivity contribution in [1.29, 1.82) is 0 Å². The van der Waals surface area contributed by atoms with E-state index in [1.54, 1.807) is 26.8 Å². The molecule has 25 heavy (non-hydrogen) atoms. The molecule has 1 fully saturated rings.